The summed E-state index contributed by atoms with van der Waals surface area (Å²) >= 11 is 0. The first-order valence-electron chi connectivity index (χ1n) is 8.48. The van der Waals surface area contributed by atoms with E-state index in [9.17, 15) is 19.2 Å². The van der Waals surface area contributed by atoms with E-state index in [0.717, 1.165) is 0 Å². The molecule has 0 aromatic rings. The van der Waals surface area contributed by atoms with Gasteiger partial charge in [0.25, 0.3) is 0 Å². The van der Waals surface area contributed by atoms with Crippen molar-refractivity contribution in [2.45, 2.75) is 53.4 Å². The molecule has 136 valence electrons. The van der Waals surface area contributed by atoms with Crippen LogP contribution in [0.4, 0.5) is 0 Å². The van der Waals surface area contributed by atoms with Gasteiger partial charge in [0.1, 0.15) is 0 Å². The van der Waals surface area contributed by atoms with Crippen molar-refractivity contribution in [2.24, 2.45) is 0 Å². The molecular weight excluding hydrogens is 312 g/mol. The Bertz CT molecular complexity index is 398. The van der Waals surface area contributed by atoms with Crippen molar-refractivity contribution >= 4 is 23.6 Å². The molecule has 0 bridgehead atoms. The van der Waals surface area contributed by atoms with E-state index in [4.69, 9.17) is 0 Å². The van der Waals surface area contributed by atoms with Crippen molar-refractivity contribution in [1.29, 1.82) is 0 Å². The topological polar surface area (TPSA) is 81.2 Å². The highest BCUT2D eigenvalue weighted by molar-refractivity contribution is 5.82. The van der Waals surface area contributed by atoms with Gasteiger partial charge in [0.2, 0.25) is 23.6 Å². The minimum atomic E-state index is -0.131. The molecule has 0 saturated carbocycles. The molecule has 1 rings (SSSR count). The maximum Gasteiger partial charge on any atom is 0.225 e. The number of hydrogen-bond donors (Lipinski definition) is 0. The van der Waals surface area contributed by atoms with Crippen LogP contribution in [0.15, 0.2) is 0 Å². The molecule has 0 unspecified atom stereocenters. The van der Waals surface area contributed by atoms with Crippen LogP contribution in [0, 0.1) is 0 Å². The Morgan fingerprint density at radius 2 is 0.667 bits per heavy atom. The Morgan fingerprint density at radius 3 is 0.792 bits per heavy atom. The third kappa shape index (κ3) is 4.94. The number of amides is 4. The average Bonchev–Trinajstić information content (AvgIpc) is 2.59. The van der Waals surface area contributed by atoms with Gasteiger partial charge in [-0.2, -0.15) is 0 Å². The third-order valence-electron chi connectivity index (χ3n) is 3.99. The molecule has 0 atom stereocenters. The lowest BCUT2D eigenvalue weighted by molar-refractivity contribution is -0.157. The van der Waals surface area contributed by atoms with Crippen LogP contribution in [0.2, 0.25) is 0 Å². The summed E-state index contributed by atoms with van der Waals surface area (Å²) in [6.07, 6.45) is 1.17. The quantitative estimate of drug-likeness (QED) is 0.757. The minimum Gasteiger partial charge on any atom is -0.307 e. The standard InChI is InChI=1S/C16H28N4O4/c1-5-13(21)17-9-18(14(22)6-2)11-20(16(24)8-4)12-19(10-17)15(23)7-3/h5-12H2,1-4H3. The molecule has 4 amide bonds. The lowest BCUT2D eigenvalue weighted by Gasteiger charge is -2.42. The van der Waals surface area contributed by atoms with Crippen LogP contribution in [0.5, 0.6) is 0 Å². The summed E-state index contributed by atoms with van der Waals surface area (Å²) in [4.78, 5) is 54.7. The molecule has 0 aromatic heterocycles. The zero-order chi connectivity index (χ0) is 18.3. The summed E-state index contributed by atoms with van der Waals surface area (Å²) in [5, 5.41) is 0. The van der Waals surface area contributed by atoms with Crippen molar-refractivity contribution in [1.82, 2.24) is 19.6 Å². The highest BCUT2D eigenvalue weighted by atomic mass is 16.2. The van der Waals surface area contributed by atoms with E-state index < -0.39 is 0 Å². The molecule has 1 aliphatic rings. The molecule has 0 spiro atoms. The molecule has 1 fully saturated rings. The maximum atomic E-state index is 12.2. The number of carbonyl (C=O) groups is 4. The largest absolute Gasteiger partial charge is 0.307 e. The molecule has 0 radical (unpaired) electrons. The monoisotopic (exact) mass is 340 g/mol. The second kappa shape index (κ2) is 9.24. The molecule has 0 aliphatic carbocycles. The molecule has 0 aromatic carbocycles. The lowest BCUT2D eigenvalue weighted by Crippen LogP contribution is -2.59. The summed E-state index contributed by atoms with van der Waals surface area (Å²) < 4.78 is 0. The van der Waals surface area contributed by atoms with E-state index >= 15 is 0 Å². The van der Waals surface area contributed by atoms with Crippen molar-refractivity contribution in [3.05, 3.63) is 0 Å². The molecule has 1 saturated heterocycles. The smallest absolute Gasteiger partial charge is 0.225 e. The van der Waals surface area contributed by atoms with E-state index in [2.05, 4.69) is 0 Å². The van der Waals surface area contributed by atoms with Crippen LogP contribution in [0.3, 0.4) is 0 Å². The van der Waals surface area contributed by atoms with Gasteiger partial charge in [-0.15, -0.1) is 0 Å². The summed E-state index contributed by atoms with van der Waals surface area (Å²) in [6, 6.07) is 0. The van der Waals surface area contributed by atoms with Gasteiger partial charge < -0.3 is 19.6 Å². The summed E-state index contributed by atoms with van der Waals surface area (Å²) in [7, 11) is 0. The summed E-state index contributed by atoms with van der Waals surface area (Å²) in [5.74, 6) is -0.526. The molecule has 8 nitrogen and oxygen atoms in total. The van der Waals surface area contributed by atoms with Crippen molar-refractivity contribution in [3.8, 4) is 0 Å². The zero-order valence-electron chi connectivity index (χ0n) is 15.1. The fourth-order valence-corrected chi connectivity index (χ4v) is 2.53. The fourth-order valence-electron chi connectivity index (χ4n) is 2.53. The molecule has 0 N–H and O–H groups in total. The predicted molar refractivity (Wildman–Crippen MR) is 88.0 cm³/mol. The van der Waals surface area contributed by atoms with Crippen LogP contribution in [-0.2, 0) is 19.2 Å². The fraction of sp³-hybridized carbons (Fsp3) is 0.750. The van der Waals surface area contributed by atoms with Crippen molar-refractivity contribution in [2.75, 3.05) is 26.7 Å². The van der Waals surface area contributed by atoms with E-state index in [1.807, 2.05) is 0 Å². The van der Waals surface area contributed by atoms with Gasteiger partial charge in [0.15, 0.2) is 0 Å². The SMILES string of the molecule is CCC(=O)N1CN(C(=O)CC)CN(C(=O)CC)CN(C(=O)CC)C1. The third-order valence-corrected chi connectivity index (χ3v) is 3.99. The number of nitrogens with zero attached hydrogens (tertiary/aromatic N) is 4. The highest BCUT2D eigenvalue weighted by Crippen LogP contribution is 2.12. The van der Waals surface area contributed by atoms with Gasteiger partial charge in [0.05, 0.1) is 26.7 Å². The first kappa shape index (κ1) is 19.9. The van der Waals surface area contributed by atoms with Crippen LogP contribution in [0.25, 0.3) is 0 Å². The molecular formula is C16H28N4O4. The second-order valence-electron chi connectivity index (χ2n) is 5.71. The molecule has 24 heavy (non-hydrogen) atoms. The molecule has 1 aliphatic heterocycles. The Labute approximate surface area is 143 Å². The number of rotatable bonds is 4. The van der Waals surface area contributed by atoms with Crippen LogP contribution < -0.4 is 0 Å². The Morgan fingerprint density at radius 1 is 0.500 bits per heavy atom. The average molecular weight is 340 g/mol. The van der Waals surface area contributed by atoms with Crippen LogP contribution in [0.1, 0.15) is 53.4 Å². The van der Waals surface area contributed by atoms with Crippen LogP contribution in [-0.4, -0.2) is 69.9 Å². The Hall–Kier alpha value is -2.12. The van der Waals surface area contributed by atoms with E-state index in [0.29, 0.717) is 25.7 Å². The minimum absolute atomic E-state index is 0.0837. The molecule has 1 heterocycles. The van der Waals surface area contributed by atoms with Gasteiger partial charge in [-0.3, -0.25) is 19.2 Å². The van der Waals surface area contributed by atoms with Crippen molar-refractivity contribution in [3.63, 3.8) is 0 Å². The maximum absolute atomic E-state index is 12.2. The summed E-state index contributed by atoms with van der Waals surface area (Å²) in [5.41, 5.74) is 0. The van der Waals surface area contributed by atoms with Gasteiger partial charge in [-0.1, -0.05) is 27.7 Å². The highest BCUT2D eigenvalue weighted by Gasteiger charge is 2.30. The normalized spacial score (nSPS) is 15.8. The second-order valence-corrected chi connectivity index (χ2v) is 5.71. The van der Waals surface area contributed by atoms with E-state index in [1.54, 1.807) is 27.7 Å². The predicted octanol–water partition coefficient (Wildman–Crippen LogP) is 0.784. The van der Waals surface area contributed by atoms with Gasteiger partial charge in [0, 0.05) is 25.7 Å². The first-order valence-corrected chi connectivity index (χ1v) is 8.48. The Kier molecular flexibility index (Phi) is 7.67. The first-order chi connectivity index (χ1) is 11.4. The Balaban J connectivity index is 3.12. The number of carbonyl (C=O) groups excluding carboxylic acids is 4. The van der Waals surface area contributed by atoms with Crippen LogP contribution >= 0.6 is 0 Å². The lowest BCUT2D eigenvalue weighted by atomic mass is 10.3. The van der Waals surface area contributed by atoms with Gasteiger partial charge in [-0.05, 0) is 0 Å². The summed E-state index contributed by atoms with van der Waals surface area (Å²) in [6.45, 7) is 7.30. The molecule has 8 heteroatoms. The van der Waals surface area contributed by atoms with E-state index in [1.165, 1.54) is 19.6 Å². The van der Waals surface area contributed by atoms with Crippen molar-refractivity contribution < 1.29 is 19.2 Å². The van der Waals surface area contributed by atoms with E-state index in [-0.39, 0.29) is 50.3 Å². The van der Waals surface area contributed by atoms with Gasteiger partial charge >= 0.3 is 0 Å². The zero-order valence-corrected chi connectivity index (χ0v) is 15.1. The number of hydrogen-bond acceptors (Lipinski definition) is 4. The van der Waals surface area contributed by atoms with Gasteiger partial charge in [-0.25, -0.2) is 0 Å².